The molecule has 1 atom stereocenters. The van der Waals surface area contributed by atoms with E-state index in [4.69, 9.17) is 4.42 Å². The Kier molecular flexibility index (Phi) is 5.39. The first-order valence-corrected chi connectivity index (χ1v) is 10.5. The fraction of sp³-hybridized carbons (Fsp3) is 0.320. The molecule has 1 aliphatic heterocycles. The van der Waals surface area contributed by atoms with E-state index in [1.54, 1.807) is 18.4 Å². The van der Waals surface area contributed by atoms with Crippen molar-refractivity contribution < 1.29 is 18.8 Å². The van der Waals surface area contributed by atoms with Gasteiger partial charge in [0.1, 0.15) is 5.58 Å². The van der Waals surface area contributed by atoms with Gasteiger partial charge >= 0.3 is 0 Å². The van der Waals surface area contributed by atoms with Gasteiger partial charge in [0.05, 0.1) is 18.1 Å². The zero-order chi connectivity index (χ0) is 22.2. The van der Waals surface area contributed by atoms with Gasteiger partial charge in [0.2, 0.25) is 17.7 Å². The smallest absolute Gasteiger partial charge is 0.237 e. The predicted octanol–water partition coefficient (Wildman–Crippen LogP) is 4.32. The van der Waals surface area contributed by atoms with Gasteiger partial charge in [0, 0.05) is 23.1 Å². The Labute approximate surface area is 181 Å². The number of anilines is 1. The summed E-state index contributed by atoms with van der Waals surface area (Å²) in [7, 11) is 0. The van der Waals surface area contributed by atoms with Crippen LogP contribution in [0.3, 0.4) is 0 Å². The molecule has 0 aliphatic carbocycles. The van der Waals surface area contributed by atoms with Crippen LogP contribution in [0.15, 0.2) is 47.1 Å². The number of hydrogen-bond donors (Lipinski definition) is 2. The zero-order valence-corrected chi connectivity index (χ0v) is 18.0. The number of imide groups is 1. The quantitative estimate of drug-likeness (QED) is 0.604. The van der Waals surface area contributed by atoms with Crippen LogP contribution >= 0.6 is 0 Å². The molecule has 1 aromatic heterocycles. The number of furan rings is 1. The van der Waals surface area contributed by atoms with E-state index in [1.807, 2.05) is 45.0 Å². The van der Waals surface area contributed by atoms with Gasteiger partial charge in [0.25, 0.3) is 0 Å². The number of fused-ring (bicyclic) bond motifs is 1. The van der Waals surface area contributed by atoms with E-state index >= 15 is 0 Å². The minimum absolute atomic E-state index is 0.139. The Morgan fingerprint density at radius 1 is 1.13 bits per heavy atom. The third-order valence-electron chi connectivity index (χ3n) is 6.48. The Balaban J connectivity index is 1.48. The van der Waals surface area contributed by atoms with Crippen LogP contribution in [0.4, 0.5) is 5.69 Å². The topological polar surface area (TPSA) is 88.4 Å². The van der Waals surface area contributed by atoms with E-state index in [2.05, 4.69) is 10.6 Å². The van der Waals surface area contributed by atoms with Crippen molar-refractivity contribution in [3.05, 3.63) is 64.9 Å². The van der Waals surface area contributed by atoms with Crippen molar-refractivity contribution >= 4 is 34.4 Å². The fourth-order valence-corrected chi connectivity index (χ4v) is 4.34. The number of carbonyl (C=O) groups is 3. The van der Waals surface area contributed by atoms with Gasteiger partial charge in [-0.1, -0.05) is 31.2 Å². The van der Waals surface area contributed by atoms with Gasteiger partial charge < -0.3 is 9.73 Å². The molecule has 2 N–H and O–H groups in total. The normalized spacial score (nSPS) is 18.8. The first-order valence-electron chi connectivity index (χ1n) is 10.5. The van der Waals surface area contributed by atoms with Crippen LogP contribution in [0.5, 0.6) is 0 Å². The lowest BCUT2D eigenvalue weighted by Gasteiger charge is -2.35. The average Bonchev–Trinajstić information content (AvgIpc) is 3.15. The maximum absolute atomic E-state index is 12.6. The van der Waals surface area contributed by atoms with Crippen LogP contribution in [0.1, 0.15) is 48.4 Å². The van der Waals surface area contributed by atoms with Crippen molar-refractivity contribution in [1.29, 1.82) is 0 Å². The van der Waals surface area contributed by atoms with Crippen LogP contribution < -0.4 is 10.6 Å². The summed E-state index contributed by atoms with van der Waals surface area (Å²) in [4.78, 5) is 36.7. The molecule has 3 amide bonds. The van der Waals surface area contributed by atoms with Crippen LogP contribution in [0, 0.1) is 13.8 Å². The highest BCUT2D eigenvalue weighted by atomic mass is 16.3. The van der Waals surface area contributed by atoms with E-state index in [0.29, 0.717) is 24.9 Å². The molecule has 2 heterocycles. The van der Waals surface area contributed by atoms with Crippen molar-refractivity contribution in [1.82, 2.24) is 5.32 Å². The summed E-state index contributed by atoms with van der Waals surface area (Å²) in [5.41, 5.74) is 4.71. The number of aryl methyl sites for hydroxylation is 2. The van der Waals surface area contributed by atoms with E-state index in [-0.39, 0.29) is 24.1 Å². The van der Waals surface area contributed by atoms with Gasteiger partial charge in [-0.2, -0.15) is 0 Å². The van der Waals surface area contributed by atoms with Crippen LogP contribution in [0.25, 0.3) is 11.0 Å². The molecule has 1 fully saturated rings. The summed E-state index contributed by atoms with van der Waals surface area (Å²) in [6.07, 6.45) is 3.28. The lowest BCUT2D eigenvalue weighted by atomic mass is 9.72. The minimum Gasteiger partial charge on any atom is -0.464 e. The van der Waals surface area contributed by atoms with E-state index in [9.17, 15) is 14.4 Å². The highest BCUT2D eigenvalue weighted by Crippen LogP contribution is 2.36. The second-order valence-corrected chi connectivity index (χ2v) is 8.26. The molecule has 3 aromatic rings. The van der Waals surface area contributed by atoms with Crippen LogP contribution in [-0.2, 0) is 26.2 Å². The van der Waals surface area contributed by atoms with Gasteiger partial charge in [-0.15, -0.1) is 0 Å². The van der Waals surface area contributed by atoms with E-state index in [1.165, 1.54) is 0 Å². The van der Waals surface area contributed by atoms with Crippen molar-refractivity contribution in [3.63, 3.8) is 0 Å². The number of carbonyl (C=O) groups excluding carboxylic acids is 3. The molecule has 160 valence electrons. The lowest BCUT2D eigenvalue weighted by molar-refractivity contribution is -0.138. The van der Waals surface area contributed by atoms with E-state index in [0.717, 1.165) is 33.2 Å². The van der Waals surface area contributed by atoms with Gasteiger partial charge in [-0.05, 0) is 55.5 Å². The SMILES string of the molecule is CCC1(c2ccc(NC(=O)Cc3coc4c(C)c(C)ccc34)cc2)CCC(=O)NC1=O. The molecule has 6 nitrogen and oxygen atoms in total. The highest BCUT2D eigenvalue weighted by Gasteiger charge is 2.42. The molecule has 0 spiro atoms. The molecule has 31 heavy (non-hydrogen) atoms. The third kappa shape index (κ3) is 3.74. The maximum Gasteiger partial charge on any atom is 0.237 e. The van der Waals surface area contributed by atoms with Gasteiger partial charge in [-0.3, -0.25) is 19.7 Å². The van der Waals surface area contributed by atoms with Crippen molar-refractivity contribution in [3.8, 4) is 0 Å². The molecule has 4 rings (SSSR count). The molecule has 0 saturated carbocycles. The predicted molar refractivity (Wildman–Crippen MR) is 119 cm³/mol. The fourth-order valence-electron chi connectivity index (χ4n) is 4.34. The largest absolute Gasteiger partial charge is 0.464 e. The molecule has 1 saturated heterocycles. The number of nitrogens with one attached hydrogen (secondary N) is 2. The van der Waals surface area contributed by atoms with Crippen molar-refractivity contribution in [2.75, 3.05) is 5.32 Å². The Morgan fingerprint density at radius 2 is 1.87 bits per heavy atom. The Morgan fingerprint density at radius 3 is 2.55 bits per heavy atom. The summed E-state index contributed by atoms with van der Waals surface area (Å²) in [6, 6.07) is 11.3. The molecular weight excluding hydrogens is 392 g/mol. The average molecular weight is 418 g/mol. The third-order valence-corrected chi connectivity index (χ3v) is 6.48. The summed E-state index contributed by atoms with van der Waals surface area (Å²) in [6.45, 7) is 5.99. The maximum atomic E-state index is 12.6. The monoisotopic (exact) mass is 418 g/mol. The van der Waals surface area contributed by atoms with Gasteiger partial charge in [-0.25, -0.2) is 0 Å². The second kappa shape index (κ2) is 8.02. The molecule has 0 bridgehead atoms. The van der Waals surface area contributed by atoms with Crippen LogP contribution in [0.2, 0.25) is 0 Å². The number of piperidine rings is 1. The summed E-state index contributed by atoms with van der Waals surface area (Å²) in [5.74, 6) is -0.615. The number of benzene rings is 2. The first kappa shape index (κ1) is 20.8. The molecule has 1 unspecified atom stereocenters. The van der Waals surface area contributed by atoms with Gasteiger partial charge in [0.15, 0.2) is 0 Å². The molecule has 2 aromatic carbocycles. The van der Waals surface area contributed by atoms with Crippen LogP contribution in [-0.4, -0.2) is 17.7 Å². The molecule has 0 radical (unpaired) electrons. The lowest BCUT2D eigenvalue weighted by Crippen LogP contribution is -2.51. The Bertz CT molecular complexity index is 1180. The van der Waals surface area contributed by atoms with Crippen molar-refractivity contribution in [2.45, 2.75) is 51.9 Å². The first-order chi connectivity index (χ1) is 14.8. The Hall–Kier alpha value is -3.41. The minimum atomic E-state index is -0.706. The highest BCUT2D eigenvalue weighted by molar-refractivity contribution is 6.03. The molecule has 1 aliphatic rings. The molecule has 6 heteroatoms. The summed E-state index contributed by atoms with van der Waals surface area (Å²) < 4.78 is 5.69. The standard InChI is InChI=1S/C25H26N2O4/c1-4-25(12-11-21(28)27-24(25)30)18-6-8-19(9-7-18)26-22(29)13-17-14-31-23-16(3)15(2)5-10-20(17)23/h5-10,14H,4,11-13H2,1-3H3,(H,26,29)(H,27,28,30). The zero-order valence-electron chi connectivity index (χ0n) is 18.0. The second-order valence-electron chi connectivity index (χ2n) is 8.26. The van der Waals surface area contributed by atoms with Crippen molar-refractivity contribution in [2.24, 2.45) is 0 Å². The number of hydrogen-bond acceptors (Lipinski definition) is 4. The number of amides is 3. The summed E-state index contributed by atoms with van der Waals surface area (Å²) >= 11 is 0. The molecular formula is C25H26N2O4. The van der Waals surface area contributed by atoms with E-state index < -0.39 is 5.41 Å². The summed E-state index contributed by atoms with van der Waals surface area (Å²) in [5, 5.41) is 6.33. The number of rotatable bonds is 5.